The van der Waals surface area contributed by atoms with Gasteiger partial charge < -0.3 is 9.80 Å². The summed E-state index contributed by atoms with van der Waals surface area (Å²) in [6.07, 6.45) is 5.34. The zero-order valence-electron chi connectivity index (χ0n) is 14.8. The molecule has 1 saturated carbocycles. The van der Waals surface area contributed by atoms with Crippen molar-refractivity contribution in [2.75, 3.05) is 57.8 Å². The van der Waals surface area contributed by atoms with Crippen LogP contribution in [-0.2, 0) is 14.6 Å². The van der Waals surface area contributed by atoms with Crippen LogP contribution in [0.3, 0.4) is 0 Å². The topological polar surface area (TPSA) is 60.9 Å². The molecule has 1 unspecified atom stereocenters. The van der Waals surface area contributed by atoms with E-state index in [4.69, 9.17) is 0 Å². The van der Waals surface area contributed by atoms with Crippen molar-refractivity contribution in [2.45, 2.75) is 38.1 Å². The van der Waals surface area contributed by atoms with E-state index in [1.54, 1.807) is 0 Å². The molecule has 24 heavy (non-hydrogen) atoms. The van der Waals surface area contributed by atoms with Gasteiger partial charge in [-0.3, -0.25) is 9.69 Å². The highest BCUT2D eigenvalue weighted by Gasteiger charge is 2.31. The second-order valence-corrected chi connectivity index (χ2v) is 9.99. The van der Waals surface area contributed by atoms with E-state index in [0.717, 1.165) is 32.1 Å². The van der Waals surface area contributed by atoms with Crippen molar-refractivity contribution in [3.05, 3.63) is 0 Å². The molecule has 2 aliphatic heterocycles. The van der Waals surface area contributed by atoms with E-state index in [2.05, 4.69) is 9.80 Å². The van der Waals surface area contributed by atoms with Gasteiger partial charge in [0.1, 0.15) is 0 Å². The maximum Gasteiger partial charge on any atom is 0.223 e. The van der Waals surface area contributed by atoms with E-state index in [1.165, 1.54) is 25.8 Å². The molecule has 2 saturated heterocycles. The predicted molar refractivity (Wildman–Crippen MR) is 94.7 cm³/mol. The Morgan fingerprint density at radius 3 is 2.38 bits per heavy atom. The molecule has 7 heteroatoms. The van der Waals surface area contributed by atoms with Crippen LogP contribution in [0.4, 0.5) is 0 Å². The predicted octanol–water partition coefficient (Wildman–Crippen LogP) is 0.440. The Balaban J connectivity index is 1.35. The first kappa shape index (κ1) is 18.1. The molecule has 3 aliphatic rings. The minimum Gasteiger partial charge on any atom is -0.340 e. The molecule has 0 bridgehead atoms. The van der Waals surface area contributed by atoms with Crippen LogP contribution in [-0.4, -0.2) is 92.9 Å². The summed E-state index contributed by atoms with van der Waals surface area (Å²) in [5, 5.41) is 0. The van der Waals surface area contributed by atoms with Gasteiger partial charge in [-0.2, -0.15) is 0 Å². The Morgan fingerprint density at radius 1 is 1.12 bits per heavy atom. The van der Waals surface area contributed by atoms with Gasteiger partial charge in [-0.25, -0.2) is 8.42 Å². The number of nitrogens with zero attached hydrogens (tertiary/aromatic N) is 3. The lowest BCUT2D eigenvalue weighted by molar-refractivity contribution is -0.133. The van der Waals surface area contributed by atoms with Gasteiger partial charge in [-0.05, 0) is 32.2 Å². The second kappa shape index (κ2) is 7.70. The van der Waals surface area contributed by atoms with E-state index in [-0.39, 0.29) is 17.7 Å². The minimum atomic E-state index is -2.86. The summed E-state index contributed by atoms with van der Waals surface area (Å²) in [7, 11) is -0.916. The van der Waals surface area contributed by atoms with E-state index in [9.17, 15) is 13.2 Å². The molecule has 3 rings (SSSR count). The summed E-state index contributed by atoms with van der Waals surface area (Å²) in [6.45, 7) is 5.54. The van der Waals surface area contributed by atoms with Crippen LogP contribution in [0.2, 0.25) is 0 Å². The molecular weight excluding hydrogens is 326 g/mol. The molecule has 1 atom stereocenters. The molecule has 3 fully saturated rings. The fourth-order valence-corrected chi connectivity index (χ4v) is 5.76. The highest BCUT2D eigenvalue weighted by atomic mass is 32.2. The van der Waals surface area contributed by atoms with Crippen LogP contribution in [0.5, 0.6) is 0 Å². The van der Waals surface area contributed by atoms with Gasteiger partial charge in [0.05, 0.1) is 11.5 Å². The lowest BCUT2D eigenvalue weighted by Gasteiger charge is -2.38. The van der Waals surface area contributed by atoms with E-state index in [1.807, 2.05) is 11.9 Å². The molecule has 6 nitrogen and oxygen atoms in total. The number of hydrogen-bond acceptors (Lipinski definition) is 5. The molecule has 0 aromatic rings. The molecule has 1 aliphatic carbocycles. The van der Waals surface area contributed by atoms with Crippen molar-refractivity contribution in [1.82, 2.24) is 14.7 Å². The third kappa shape index (κ3) is 4.70. The average molecular weight is 358 g/mol. The van der Waals surface area contributed by atoms with E-state index in [0.29, 0.717) is 25.1 Å². The van der Waals surface area contributed by atoms with Gasteiger partial charge >= 0.3 is 0 Å². The summed E-state index contributed by atoms with van der Waals surface area (Å²) in [6, 6.07) is 0.0853. The SMILES string of the molecule is CN(CCC(=O)N1CCN(CC2CCC2)CC1)C1CCS(=O)(=O)C1. The molecule has 0 aromatic carbocycles. The van der Waals surface area contributed by atoms with Crippen LogP contribution in [0.25, 0.3) is 0 Å². The first-order valence-electron chi connectivity index (χ1n) is 9.34. The van der Waals surface area contributed by atoms with E-state index < -0.39 is 9.84 Å². The summed E-state index contributed by atoms with van der Waals surface area (Å²) >= 11 is 0. The van der Waals surface area contributed by atoms with Gasteiger partial charge in [-0.1, -0.05) is 6.42 Å². The van der Waals surface area contributed by atoms with Crippen molar-refractivity contribution >= 4 is 15.7 Å². The summed E-state index contributed by atoms with van der Waals surface area (Å²) in [5.74, 6) is 1.64. The second-order valence-electron chi connectivity index (χ2n) is 7.77. The number of carbonyl (C=O) groups excluding carboxylic acids is 1. The maximum atomic E-state index is 12.4. The number of hydrogen-bond donors (Lipinski definition) is 0. The lowest BCUT2D eigenvalue weighted by atomic mass is 9.85. The Hall–Kier alpha value is -0.660. The summed E-state index contributed by atoms with van der Waals surface area (Å²) in [5.41, 5.74) is 0. The standard InChI is InChI=1S/C17H31N3O3S/c1-18(16-6-12-24(22,23)14-16)7-5-17(21)20-10-8-19(9-11-20)13-15-3-2-4-15/h15-16H,2-14H2,1H3. The molecule has 0 aromatic heterocycles. The largest absolute Gasteiger partial charge is 0.340 e. The Morgan fingerprint density at radius 2 is 1.83 bits per heavy atom. The number of sulfone groups is 1. The quantitative estimate of drug-likeness (QED) is 0.690. The third-order valence-corrected chi connectivity index (χ3v) is 7.73. The van der Waals surface area contributed by atoms with Crippen molar-refractivity contribution in [2.24, 2.45) is 5.92 Å². The van der Waals surface area contributed by atoms with Gasteiger partial charge in [0.25, 0.3) is 0 Å². The molecule has 0 spiro atoms. The van der Waals surface area contributed by atoms with Crippen LogP contribution in [0.15, 0.2) is 0 Å². The fraction of sp³-hybridized carbons (Fsp3) is 0.941. The van der Waals surface area contributed by atoms with Crippen molar-refractivity contribution in [1.29, 1.82) is 0 Å². The molecular formula is C17H31N3O3S. The molecule has 1 amide bonds. The first-order chi connectivity index (χ1) is 11.4. The van der Waals surface area contributed by atoms with Gasteiger partial charge in [-0.15, -0.1) is 0 Å². The monoisotopic (exact) mass is 357 g/mol. The first-order valence-corrected chi connectivity index (χ1v) is 11.2. The highest BCUT2D eigenvalue weighted by molar-refractivity contribution is 7.91. The number of amides is 1. The smallest absolute Gasteiger partial charge is 0.223 e. The van der Waals surface area contributed by atoms with Gasteiger partial charge in [0.2, 0.25) is 5.91 Å². The van der Waals surface area contributed by atoms with Gasteiger partial charge in [0, 0.05) is 51.7 Å². The number of piperazine rings is 1. The van der Waals surface area contributed by atoms with Crippen molar-refractivity contribution < 1.29 is 13.2 Å². The normalized spacial score (nSPS) is 28.2. The maximum absolute atomic E-state index is 12.4. The van der Waals surface area contributed by atoms with Gasteiger partial charge in [0.15, 0.2) is 9.84 Å². The van der Waals surface area contributed by atoms with Crippen LogP contribution in [0, 0.1) is 5.92 Å². The average Bonchev–Trinajstić information content (AvgIpc) is 2.89. The summed E-state index contributed by atoms with van der Waals surface area (Å²) < 4.78 is 23.1. The Kier molecular flexibility index (Phi) is 5.82. The van der Waals surface area contributed by atoms with Crippen LogP contribution >= 0.6 is 0 Å². The molecule has 0 radical (unpaired) electrons. The number of carbonyl (C=O) groups is 1. The molecule has 2 heterocycles. The fourth-order valence-electron chi connectivity index (χ4n) is 3.96. The Bertz CT molecular complexity index is 539. The zero-order chi connectivity index (χ0) is 17.2. The van der Waals surface area contributed by atoms with E-state index >= 15 is 0 Å². The molecule has 0 N–H and O–H groups in total. The lowest BCUT2D eigenvalue weighted by Crippen LogP contribution is -2.50. The van der Waals surface area contributed by atoms with Crippen molar-refractivity contribution in [3.63, 3.8) is 0 Å². The third-order valence-electron chi connectivity index (χ3n) is 5.98. The zero-order valence-corrected chi connectivity index (χ0v) is 15.6. The minimum absolute atomic E-state index is 0.0853. The van der Waals surface area contributed by atoms with Crippen molar-refractivity contribution in [3.8, 4) is 0 Å². The highest BCUT2D eigenvalue weighted by Crippen LogP contribution is 2.27. The molecule has 138 valence electrons. The number of rotatable bonds is 6. The Labute approximate surface area is 146 Å². The summed E-state index contributed by atoms with van der Waals surface area (Å²) in [4.78, 5) is 18.9. The van der Waals surface area contributed by atoms with Crippen LogP contribution < -0.4 is 0 Å². The van der Waals surface area contributed by atoms with Crippen LogP contribution in [0.1, 0.15) is 32.1 Å².